The van der Waals surface area contributed by atoms with Gasteiger partial charge in [0.2, 0.25) is 0 Å². The van der Waals surface area contributed by atoms with Gasteiger partial charge in [-0.1, -0.05) is 12.1 Å². The van der Waals surface area contributed by atoms with E-state index in [9.17, 15) is 4.79 Å². The quantitative estimate of drug-likeness (QED) is 0.878. The van der Waals surface area contributed by atoms with Crippen LogP contribution in [0.1, 0.15) is 18.5 Å². The van der Waals surface area contributed by atoms with E-state index in [4.69, 9.17) is 0 Å². The van der Waals surface area contributed by atoms with Crippen LogP contribution in [0.25, 0.3) is 11.0 Å². The molecule has 1 aromatic heterocycles. The number of para-hydroxylation sites is 2. The molecule has 1 fully saturated rings. The molecule has 0 unspecified atom stereocenters. The van der Waals surface area contributed by atoms with Gasteiger partial charge in [0.05, 0.1) is 11.0 Å². The molecular formula is C15H20N4O. The smallest absolute Gasteiger partial charge is 0.271 e. The van der Waals surface area contributed by atoms with E-state index in [1.165, 1.54) is 0 Å². The molecule has 3 rings (SSSR count). The van der Waals surface area contributed by atoms with E-state index < -0.39 is 0 Å². The zero-order chi connectivity index (χ0) is 13.9. The summed E-state index contributed by atoms with van der Waals surface area (Å²) in [5, 5.41) is 3.36. The minimum Gasteiger partial charge on any atom is -0.319 e. The highest BCUT2D eigenvalue weighted by Gasteiger charge is 2.19. The van der Waals surface area contributed by atoms with Gasteiger partial charge < -0.3 is 10.3 Å². The van der Waals surface area contributed by atoms with E-state index in [2.05, 4.69) is 27.2 Å². The molecule has 1 aliphatic rings. The fraction of sp³-hybridized carbons (Fsp3) is 0.467. The number of nitrogens with one attached hydrogen (secondary N) is 2. The highest BCUT2D eigenvalue weighted by molar-refractivity contribution is 5.73. The number of aromatic amines is 1. The van der Waals surface area contributed by atoms with Gasteiger partial charge in [0, 0.05) is 12.6 Å². The summed E-state index contributed by atoms with van der Waals surface area (Å²) in [5.41, 5.74) is 2.17. The molecule has 0 bridgehead atoms. The molecule has 0 spiro atoms. The third kappa shape index (κ3) is 2.73. The van der Waals surface area contributed by atoms with Gasteiger partial charge >= 0.3 is 0 Å². The Bertz CT molecular complexity index is 646. The summed E-state index contributed by atoms with van der Waals surface area (Å²) >= 11 is 0. The van der Waals surface area contributed by atoms with Crippen molar-refractivity contribution in [3.8, 4) is 0 Å². The molecular weight excluding hydrogens is 252 g/mol. The summed E-state index contributed by atoms with van der Waals surface area (Å²) in [6.45, 7) is 2.71. The predicted octanol–water partition coefficient (Wildman–Crippen LogP) is 1.11. The minimum atomic E-state index is -0.0792. The highest BCUT2D eigenvalue weighted by atomic mass is 16.1. The first-order valence-corrected chi connectivity index (χ1v) is 7.13. The standard InChI is InChI=1S/C15H20N4O/c1-19(11-6-8-16-9-7-11)10-14-15(20)18-13-5-3-2-4-12(13)17-14/h2-5,11,16H,6-10H2,1H3,(H,18,20). The van der Waals surface area contributed by atoms with Gasteiger partial charge in [0.25, 0.3) is 5.56 Å². The molecule has 2 N–H and O–H groups in total. The first-order chi connectivity index (χ1) is 9.74. The Balaban J connectivity index is 1.82. The maximum atomic E-state index is 12.1. The van der Waals surface area contributed by atoms with Crippen molar-refractivity contribution in [1.29, 1.82) is 0 Å². The number of fused-ring (bicyclic) bond motifs is 1. The molecule has 2 aromatic rings. The number of piperidine rings is 1. The number of hydrogen-bond donors (Lipinski definition) is 2. The lowest BCUT2D eigenvalue weighted by Gasteiger charge is -2.31. The fourth-order valence-corrected chi connectivity index (χ4v) is 2.79. The van der Waals surface area contributed by atoms with Crippen molar-refractivity contribution in [2.45, 2.75) is 25.4 Å². The largest absolute Gasteiger partial charge is 0.319 e. The molecule has 1 aromatic carbocycles. The van der Waals surface area contributed by atoms with E-state index in [1.807, 2.05) is 24.3 Å². The molecule has 0 amide bonds. The average Bonchev–Trinajstić information content (AvgIpc) is 2.49. The van der Waals surface area contributed by atoms with E-state index >= 15 is 0 Å². The van der Waals surface area contributed by atoms with Crippen LogP contribution in [0.4, 0.5) is 0 Å². The lowest BCUT2D eigenvalue weighted by molar-refractivity contribution is 0.189. The van der Waals surface area contributed by atoms with Crippen LogP contribution in [0.5, 0.6) is 0 Å². The van der Waals surface area contributed by atoms with E-state index in [0.29, 0.717) is 18.3 Å². The predicted molar refractivity (Wildman–Crippen MR) is 79.7 cm³/mol. The van der Waals surface area contributed by atoms with E-state index in [-0.39, 0.29) is 5.56 Å². The van der Waals surface area contributed by atoms with Crippen LogP contribution in [-0.2, 0) is 6.54 Å². The summed E-state index contributed by atoms with van der Waals surface area (Å²) in [7, 11) is 2.08. The Kier molecular flexibility index (Phi) is 3.80. The van der Waals surface area contributed by atoms with Gasteiger partial charge in [-0.05, 0) is 45.1 Å². The molecule has 2 heterocycles. The average molecular weight is 272 g/mol. The number of nitrogens with zero attached hydrogens (tertiary/aromatic N) is 2. The molecule has 5 nitrogen and oxygen atoms in total. The topological polar surface area (TPSA) is 61.0 Å². The maximum absolute atomic E-state index is 12.1. The summed E-state index contributed by atoms with van der Waals surface area (Å²) in [6, 6.07) is 8.18. The highest BCUT2D eigenvalue weighted by Crippen LogP contribution is 2.12. The molecule has 0 saturated carbocycles. The van der Waals surface area contributed by atoms with Crippen LogP contribution in [0.3, 0.4) is 0 Å². The van der Waals surface area contributed by atoms with Crippen LogP contribution in [-0.4, -0.2) is 41.0 Å². The molecule has 106 valence electrons. The van der Waals surface area contributed by atoms with Crippen molar-refractivity contribution in [3.63, 3.8) is 0 Å². The van der Waals surface area contributed by atoms with Crippen molar-refractivity contribution in [2.75, 3.05) is 20.1 Å². The van der Waals surface area contributed by atoms with Crippen LogP contribution in [0, 0.1) is 0 Å². The maximum Gasteiger partial charge on any atom is 0.271 e. The Morgan fingerprint density at radius 2 is 2.05 bits per heavy atom. The SMILES string of the molecule is CN(Cc1nc2ccccc2[nH]c1=O)C1CCNCC1. The number of rotatable bonds is 3. The molecule has 0 aliphatic carbocycles. The second-order valence-electron chi connectivity index (χ2n) is 5.43. The summed E-state index contributed by atoms with van der Waals surface area (Å²) in [5.74, 6) is 0. The monoisotopic (exact) mass is 272 g/mol. The van der Waals surface area contributed by atoms with Crippen LogP contribution in [0.15, 0.2) is 29.1 Å². The molecule has 20 heavy (non-hydrogen) atoms. The normalized spacial score (nSPS) is 16.9. The van der Waals surface area contributed by atoms with E-state index in [1.54, 1.807) is 0 Å². The molecule has 5 heteroatoms. The van der Waals surface area contributed by atoms with Gasteiger partial charge in [-0.25, -0.2) is 4.98 Å². The first-order valence-electron chi connectivity index (χ1n) is 7.13. The van der Waals surface area contributed by atoms with Crippen LogP contribution >= 0.6 is 0 Å². The number of benzene rings is 1. The number of hydrogen-bond acceptors (Lipinski definition) is 4. The van der Waals surface area contributed by atoms with Gasteiger partial charge in [-0.2, -0.15) is 0 Å². The van der Waals surface area contributed by atoms with Crippen LogP contribution < -0.4 is 10.9 Å². The Morgan fingerprint density at radius 3 is 2.85 bits per heavy atom. The van der Waals surface area contributed by atoms with Crippen LogP contribution in [0.2, 0.25) is 0 Å². The second-order valence-corrected chi connectivity index (χ2v) is 5.43. The Morgan fingerprint density at radius 1 is 1.30 bits per heavy atom. The second kappa shape index (κ2) is 5.73. The molecule has 0 atom stereocenters. The van der Waals surface area contributed by atoms with E-state index in [0.717, 1.165) is 37.0 Å². The Hall–Kier alpha value is -1.72. The molecule has 0 radical (unpaired) electrons. The van der Waals surface area contributed by atoms with Crippen molar-refractivity contribution in [1.82, 2.24) is 20.2 Å². The number of H-pyrrole nitrogens is 1. The van der Waals surface area contributed by atoms with Gasteiger partial charge in [-0.15, -0.1) is 0 Å². The number of aromatic nitrogens is 2. The fourth-order valence-electron chi connectivity index (χ4n) is 2.79. The van der Waals surface area contributed by atoms with Gasteiger partial charge in [-0.3, -0.25) is 9.69 Å². The van der Waals surface area contributed by atoms with Crippen molar-refractivity contribution >= 4 is 11.0 Å². The zero-order valence-electron chi connectivity index (χ0n) is 11.7. The third-order valence-electron chi connectivity index (χ3n) is 4.00. The van der Waals surface area contributed by atoms with Crippen molar-refractivity contribution < 1.29 is 0 Å². The third-order valence-corrected chi connectivity index (χ3v) is 4.00. The lowest BCUT2D eigenvalue weighted by Crippen LogP contribution is -2.41. The van der Waals surface area contributed by atoms with Crippen molar-refractivity contribution in [2.24, 2.45) is 0 Å². The summed E-state index contributed by atoms with van der Waals surface area (Å²) < 4.78 is 0. The first kappa shape index (κ1) is 13.3. The minimum absolute atomic E-state index is 0.0792. The zero-order valence-corrected chi connectivity index (χ0v) is 11.7. The van der Waals surface area contributed by atoms with Gasteiger partial charge in [0.1, 0.15) is 5.69 Å². The van der Waals surface area contributed by atoms with Crippen molar-refractivity contribution in [3.05, 3.63) is 40.3 Å². The van der Waals surface area contributed by atoms with Gasteiger partial charge in [0.15, 0.2) is 0 Å². The molecule has 1 aliphatic heterocycles. The Labute approximate surface area is 118 Å². The lowest BCUT2D eigenvalue weighted by atomic mass is 10.1. The molecule has 1 saturated heterocycles. The summed E-state index contributed by atoms with van der Waals surface area (Å²) in [6.07, 6.45) is 2.25. The summed E-state index contributed by atoms with van der Waals surface area (Å²) in [4.78, 5) is 21.8.